The van der Waals surface area contributed by atoms with Gasteiger partial charge in [0, 0.05) is 23.0 Å². The van der Waals surface area contributed by atoms with Crippen molar-refractivity contribution in [3.63, 3.8) is 0 Å². The van der Waals surface area contributed by atoms with Crippen molar-refractivity contribution in [2.45, 2.75) is 13.1 Å². The maximum Gasteiger partial charge on any atom is 0.291 e. The fraction of sp³-hybridized carbons (Fsp3) is 0.0741. The fourth-order valence-electron chi connectivity index (χ4n) is 3.95. The van der Waals surface area contributed by atoms with Crippen LogP contribution in [0.5, 0.6) is 0 Å². The summed E-state index contributed by atoms with van der Waals surface area (Å²) in [6.45, 7) is 0.417. The van der Waals surface area contributed by atoms with Gasteiger partial charge in [0.25, 0.3) is 5.91 Å². The van der Waals surface area contributed by atoms with Crippen LogP contribution in [0.4, 0.5) is 5.69 Å². The van der Waals surface area contributed by atoms with Gasteiger partial charge < -0.3 is 19.6 Å². The highest BCUT2D eigenvalue weighted by atomic mass is 16.3. The minimum absolute atomic E-state index is 0.0397. The highest BCUT2D eigenvalue weighted by Crippen LogP contribution is 2.19. The smallest absolute Gasteiger partial charge is 0.291 e. The lowest BCUT2D eigenvalue weighted by Gasteiger charge is -2.15. The maximum absolute atomic E-state index is 12.9. The van der Waals surface area contributed by atoms with Crippen molar-refractivity contribution in [3.8, 4) is 0 Å². The van der Waals surface area contributed by atoms with Gasteiger partial charge in [-0.2, -0.15) is 0 Å². The van der Waals surface area contributed by atoms with Crippen LogP contribution in [0.25, 0.3) is 21.8 Å². The Hall–Kier alpha value is -4.65. The largest absolute Gasteiger partial charge is 0.459 e. The lowest BCUT2D eigenvalue weighted by molar-refractivity contribution is -0.121. The second kappa shape index (κ2) is 9.07. The fourth-order valence-corrected chi connectivity index (χ4v) is 3.95. The van der Waals surface area contributed by atoms with Crippen LogP contribution in [0.1, 0.15) is 16.1 Å². The highest BCUT2D eigenvalue weighted by Gasteiger charge is 2.13. The van der Waals surface area contributed by atoms with Crippen molar-refractivity contribution in [2.75, 3.05) is 5.32 Å². The highest BCUT2D eigenvalue weighted by molar-refractivity contribution is 6.02. The SMILES string of the molecule is O=C(Cn1c2ccccc2c(=O)c2ccccc21)NCc1ccc(NC(=O)c2ccco2)cc1. The molecule has 0 unspecified atom stereocenters. The summed E-state index contributed by atoms with van der Waals surface area (Å²) in [4.78, 5) is 37.7. The lowest BCUT2D eigenvalue weighted by Crippen LogP contribution is -2.28. The average molecular weight is 451 g/mol. The Bertz CT molecular complexity index is 1490. The summed E-state index contributed by atoms with van der Waals surface area (Å²) in [5.74, 6) is -0.264. The number of hydrogen-bond acceptors (Lipinski definition) is 4. The van der Waals surface area contributed by atoms with Crippen LogP contribution >= 0.6 is 0 Å². The van der Waals surface area contributed by atoms with Crippen molar-refractivity contribution in [1.29, 1.82) is 0 Å². The quantitative estimate of drug-likeness (QED) is 0.376. The van der Waals surface area contributed by atoms with Crippen LogP contribution in [0.2, 0.25) is 0 Å². The summed E-state index contributed by atoms with van der Waals surface area (Å²) in [5.41, 5.74) is 2.92. The number of furan rings is 1. The number of anilines is 1. The summed E-state index contributed by atoms with van der Waals surface area (Å²) in [7, 11) is 0. The molecule has 168 valence electrons. The van der Waals surface area contributed by atoms with Gasteiger partial charge in [-0.3, -0.25) is 14.4 Å². The lowest BCUT2D eigenvalue weighted by atomic mass is 10.1. The Balaban J connectivity index is 1.29. The van der Waals surface area contributed by atoms with Gasteiger partial charge in [-0.05, 0) is 54.1 Å². The molecular formula is C27H21N3O4. The van der Waals surface area contributed by atoms with Crippen LogP contribution < -0.4 is 16.1 Å². The van der Waals surface area contributed by atoms with Gasteiger partial charge in [-0.25, -0.2) is 0 Å². The molecule has 0 aliphatic carbocycles. The summed E-state index contributed by atoms with van der Waals surface area (Å²) in [5, 5.41) is 6.86. The third-order valence-electron chi connectivity index (χ3n) is 5.63. The number of pyridine rings is 1. The molecule has 3 aromatic carbocycles. The third kappa shape index (κ3) is 4.19. The molecule has 0 spiro atoms. The number of aromatic nitrogens is 1. The summed E-state index contributed by atoms with van der Waals surface area (Å²) in [6.07, 6.45) is 1.44. The third-order valence-corrected chi connectivity index (χ3v) is 5.63. The molecule has 5 aromatic rings. The molecule has 0 aliphatic rings. The van der Waals surface area contributed by atoms with E-state index < -0.39 is 0 Å². The number of nitrogens with zero attached hydrogens (tertiary/aromatic N) is 1. The maximum atomic E-state index is 12.9. The topological polar surface area (TPSA) is 93.3 Å². The second-order valence-corrected chi connectivity index (χ2v) is 7.85. The Kier molecular flexibility index (Phi) is 5.66. The molecule has 2 amide bonds. The van der Waals surface area contributed by atoms with Gasteiger partial charge in [-0.1, -0.05) is 36.4 Å². The standard InChI is InChI=1S/C27H21N3O4/c31-25(28-16-18-11-13-19(14-12-18)29-27(33)24-10-5-15-34-24)17-30-22-8-3-1-6-20(22)26(32)21-7-2-4-9-23(21)30/h1-15H,16-17H2,(H,28,31)(H,29,33). The molecule has 34 heavy (non-hydrogen) atoms. The van der Waals surface area contributed by atoms with E-state index in [0.29, 0.717) is 23.0 Å². The molecule has 0 fully saturated rings. The summed E-state index contributed by atoms with van der Waals surface area (Å²) >= 11 is 0. The Morgan fingerprint density at radius 2 is 1.44 bits per heavy atom. The van der Waals surface area contributed by atoms with Gasteiger partial charge in [-0.15, -0.1) is 0 Å². The van der Waals surface area contributed by atoms with E-state index in [1.165, 1.54) is 6.26 Å². The Labute approximate surface area is 194 Å². The number of hydrogen-bond donors (Lipinski definition) is 2. The minimum atomic E-state index is -0.327. The monoisotopic (exact) mass is 451 g/mol. The first-order valence-corrected chi connectivity index (χ1v) is 10.8. The van der Waals surface area contributed by atoms with Gasteiger partial charge in [0.05, 0.1) is 17.3 Å². The van der Waals surface area contributed by atoms with E-state index in [4.69, 9.17) is 4.42 Å². The molecule has 2 heterocycles. The minimum Gasteiger partial charge on any atom is -0.459 e. The molecule has 7 nitrogen and oxygen atoms in total. The van der Waals surface area contributed by atoms with Crippen molar-refractivity contribution < 1.29 is 14.0 Å². The number of amides is 2. The van der Waals surface area contributed by atoms with Crippen LogP contribution in [-0.2, 0) is 17.9 Å². The van der Waals surface area contributed by atoms with E-state index in [9.17, 15) is 14.4 Å². The zero-order chi connectivity index (χ0) is 23.5. The van der Waals surface area contributed by atoms with E-state index in [-0.39, 0.29) is 29.5 Å². The zero-order valence-electron chi connectivity index (χ0n) is 18.2. The molecule has 0 atom stereocenters. The van der Waals surface area contributed by atoms with Gasteiger partial charge in [0.15, 0.2) is 11.2 Å². The summed E-state index contributed by atoms with van der Waals surface area (Å²) < 4.78 is 6.96. The molecule has 2 aromatic heterocycles. The number of carbonyl (C=O) groups is 2. The molecule has 7 heteroatoms. The van der Waals surface area contributed by atoms with Crippen LogP contribution in [0.3, 0.4) is 0 Å². The van der Waals surface area contributed by atoms with Gasteiger partial charge >= 0.3 is 0 Å². The Morgan fingerprint density at radius 1 is 0.794 bits per heavy atom. The normalized spacial score (nSPS) is 10.9. The predicted molar refractivity (Wildman–Crippen MR) is 131 cm³/mol. The molecule has 0 bridgehead atoms. The van der Waals surface area contributed by atoms with Crippen molar-refractivity contribution in [1.82, 2.24) is 9.88 Å². The van der Waals surface area contributed by atoms with E-state index in [0.717, 1.165) is 16.6 Å². The number of nitrogens with one attached hydrogen (secondary N) is 2. The van der Waals surface area contributed by atoms with E-state index >= 15 is 0 Å². The molecule has 0 radical (unpaired) electrons. The first-order valence-electron chi connectivity index (χ1n) is 10.8. The molecule has 5 rings (SSSR count). The first-order chi connectivity index (χ1) is 16.6. The van der Waals surface area contributed by atoms with Crippen LogP contribution in [-0.4, -0.2) is 16.4 Å². The van der Waals surface area contributed by atoms with E-state index in [1.54, 1.807) is 36.4 Å². The molecule has 0 saturated carbocycles. The Morgan fingerprint density at radius 3 is 2.06 bits per heavy atom. The van der Waals surface area contributed by atoms with Gasteiger partial charge in [0.2, 0.25) is 5.91 Å². The number of fused-ring (bicyclic) bond motifs is 2. The molecule has 2 N–H and O–H groups in total. The number of rotatable bonds is 6. The van der Waals surface area contributed by atoms with E-state index in [1.807, 2.05) is 53.1 Å². The first kappa shape index (κ1) is 21.2. The van der Waals surface area contributed by atoms with Crippen molar-refractivity contribution in [3.05, 3.63) is 113 Å². The summed E-state index contributed by atoms with van der Waals surface area (Å²) in [6, 6.07) is 25.1. The predicted octanol–water partition coefficient (Wildman–Crippen LogP) is 4.32. The van der Waals surface area contributed by atoms with E-state index in [2.05, 4.69) is 10.6 Å². The van der Waals surface area contributed by atoms with Crippen LogP contribution in [0, 0.1) is 0 Å². The second-order valence-electron chi connectivity index (χ2n) is 7.85. The number of carbonyl (C=O) groups excluding carboxylic acids is 2. The van der Waals surface area contributed by atoms with Crippen molar-refractivity contribution >= 4 is 39.3 Å². The molecule has 0 saturated heterocycles. The molecule has 0 aliphatic heterocycles. The number of para-hydroxylation sites is 2. The van der Waals surface area contributed by atoms with Crippen molar-refractivity contribution in [2.24, 2.45) is 0 Å². The van der Waals surface area contributed by atoms with Gasteiger partial charge in [0.1, 0.15) is 6.54 Å². The van der Waals surface area contributed by atoms with Crippen LogP contribution in [0.15, 0.2) is 100 Å². The molecular weight excluding hydrogens is 430 g/mol. The average Bonchev–Trinajstić information content (AvgIpc) is 3.42. The number of benzene rings is 3. The zero-order valence-corrected chi connectivity index (χ0v) is 18.2.